The molecule has 0 spiro atoms. The van der Waals surface area contributed by atoms with E-state index in [1.807, 2.05) is 31.2 Å². The Labute approximate surface area is 220 Å². The van der Waals surface area contributed by atoms with Crippen molar-refractivity contribution in [2.45, 2.75) is 46.1 Å². The highest BCUT2D eigenvalue weighted by atomic mass is 127. The molecule has 2 aliphatic carbocycles. The number of hydrogen-bond donors (Lipinski definition) is 1. The number of hydrazone groups is 1. The van der Waals surface area contributed by atoms with Gasteiger partial charge in [-0.05, 0) is 87.7 Å². The summed E-state index contributed by atoms with van der Waals surface area (Å²) in [4.78, 5) is 12.7. The normalized spacial score (nSPS) is 23.2. The van der Waals surface area contributed by atoms with Crippen molar-refractivity contribution in [3.05, 3.63) is 69.3 Å². The number of nitrogens with zero attached hydrogens (tertiary/aromatic N) is 1. The fraction of sp³-hybridized carbons (Fsp3) is 0.379. The van der Waals surface area contributed by atoms with Gasteiger partial charge in [0, 0.05) is 5.92 Å². The molecular formula is C29H31IN2O3. The lowest BCUT2D eigenvalue weighted by atomic mass is 9.90. The van der Waals surface area contributed by atoms with Crippen molar-refractivity contribution >= 4 is 45.5 Å². The first-order valence-electron chi connectivity index (χ1n) is 12.4. The van der Waals surface area contributed by atoms with Gasteiger partial charge in [0.05, 0.1) is 16.4 Å². The lowest BCUT2D eigenvalue weighted by molar-refractivity contribution is -0.123. The molecule has 1 amide bonds. The lowest BCUT2D eigenvalue weighted by Crippen LogP contribution is -2.22. The van der Waals surface area contributed by atoms with Gasteiger partial charge < -0.3 is 9.47 Å². The van der Waals surface area contributed by atoms with Gasteiger partial charge in [-0.2, -0.15) is 5.10 Å². The summed E-state index contributed by atoms with van der Waals surface area (Å²) < 4.78 is 13.1. The van der Waals surface area contributed by atoms with E-state index in [0.717, 1.165) is 33.3 Å². The number of hydrogen-bond acceptors (Lipinski definition) is 4. The Balaban J connectivity index is 1.28. The second kappa shape index (κ2) is 10.2. The SMILES string of the molecule is CCOc1cc(/C=N\NC(=O)[C@@H]2[C@H]3CCCC[C@]32C)cc(I)c1OCc1cccc2ccccc12. The zero-order valence-electron chi connectivity index (χ0n) is 20.2. The molecule has 5 nitrogen and oxygen atoms in total. The van der Waals surface area contributed by atoms with Crippen LogP contribution in [0.2, 0.25) is 0 Å². The molecule has 2 saturated carbocycles. The molecule has 0 bridgehead atoms. The van der Waals surface area contributed by atoms with Gasteiger partial charge in [0.15, 0.2) is 11.5 Å². The smallest absolute Gasteiger partial charge is 0.244 e. The topological polar surface area (TPSA) is 59.9 Å². The fourth-order valence-corrected chi connectivity index (χ4v) is 6.51. The molecule has 1 N–H and O–H groups in total. The number of carbonyl (C=O) groups is 1. The Morgan fingerprint density at radius 3 is 2.80 bits per heavy atom. The predicted molar refractivity (Wildman–Crippen MR) is 148 cm³/mol. The van der Waals surface area contributed by atoms with Gasteiger partial charge in [0.1, 0.15) is 6.61 Å². The number of nitrogens with one attached hydrogen (secondary N) is 1. The van der Waals surface area contributed by atoms with Crippen LogP contribution in [-0.2, 0) is 11.4 Å². The minimum atomic E-state index is 0.0467. The summed E-state index contributed by atoms with van der Waals surface area (Å²) in [7, 11) is 0. The summed E-state index contributed by atoms with van der Waals surface area (Å²) in [5.74, 6) is 2.07. The molecule has 0 aromatic heterocycles. The van der Waals surface area contributed by atoms with Gasteiger partial charge >= 0.3 is 0 Å². The van der Waals surface area contributed by atoms with E-state index in [-0.39, 0.29) is 17.2 Å². The Hall–Kier alpha value is -2.61. The Morgan fingerprint density at radius 1 is 1.17 bits per heavy atom. The highest BCUT2D eigenvalue weighted by Crippen LogP contribution is 2.66. The molecule has 3 aromatic carbocycles. The molecular weight excluding hydrogens is 551 g/mol. The standard InChI is InChI=1S/C29H31IN2O3/c1-3-34-25-16-19(17-31-32-28(33)26-23-13-6-7-14-29(23,26)2)15-24(30)27(25)35-18-21-11-8-10-20-9-4-5-12-22(20)21/h4-5,8-12,15-17,23,26H,3,6-7,13-14,18H2,1-2H3,(H,32,33)/b31-17-/t23-,26+,29-/m1/s1. The van der Waals surface area contributed by atoms with Gasteiger partial charge in [-0.25, -0.2) is 5.43 Å². The number of ether oxygens (including phenoxy) is 2. The zero-order chi connectivity index (χ0) is 24.4. The summed E-state index contributed by atoms with van der Waals surface area (Å²) in [6.07, 6.45) is 6.46. The van der Waals surface area contributed by atoms with Crippen molar-refractivity contribution in [2.24, 2.45) is 22.4 Å². The third-order valence-corrected chi connectivity index (χ3v) is 8.39. The second-order valence-corrected chi connectivity index (χ2v) is 10.9. The molecule has 6 heteroatoms. The van der Waals surface area contributed by atoms with Crippen LogP contribution in [0.4, 0.5) is 0 Å². The van der Waals surface area contributed by atoms with Crippen LogP contribution < -0.4 is 14.9 Å². The van der Waals surface area contributed by atoms with Gasteiger partial charge in [-0.1, -0.05) is 62.2 Å². The summed E-state index contributed by atoms with van der Waals surface area (Å²) in [5.41, 5.74) is 4.94. The molecule has 2 aliphatic rings. The second-order valence-electron chi connectivity index (χ2n) is 9.76. The quantitative estimate of drug-likeness (QED) is 0.183. The maximum absolute atomic E-state index is 12.7. The third-order valence-electron chi connectivity index (χ3n) is 7.59. The largest absolute Gasteiger partial charge is 0.490 e. The summed E-state index contributed by atoms with van der Waals surface area (Å²) in [5, 5.41) is 6.65. The lowest BCUT2D eigenvalue weighted by Gasteiger charge is -2.15. The van der Waals surface area contributed by atoms with Crippen molar-refractivity contribution in [1.82, 2.24) is 5.43 Å². The van der Waals surface area contributed by atoms with E-state index in [2.05, 4.69) is 70.4 Å². The first-order valence-corrected chi connectivity index (χ1v) is 13.5. The van der Waals surface area contributed by atoms with Crippen molar-refractivity contribution in [2.75, 3.05) is 6.61 Å². The number of amides is 1. The first kappa shape index (κ1) is 24.1. The number of halogens is 1. The zero-order valence-corrected chi connectivity index (χ0v) is 22.4. The van der Waals surface area contributed by atoms with Crippen LogP contribution in [0.3, 0.4) is 0 Å². The predicted octanol–water partition coefficient (Wildman–Crippen LogP) is 6.70. The minimum Gasteiger partial charge on any atom is -0.490 e. The molecule has 3 atom stereocenters. The van der Waals surface area contributed by atoms with Crippen LogP contribution in [0.5, 0.6) is 11.5 Å². The summed E-state index contributed by atoms with van der Waals surface area (Å²) in [6.45, 7) is 5.18. The van der Waals surface area contributed by atoms with Crippen molar-refractivity contribution in [3.8, 4) is 11.5 Å². The van der Waals surface area contributed by atoms with E-state index in [9.17, 15) is 4.79 Å². The van der Waals surface area contributed by atoms with Crippen molar-refractivity contribution < 1.29 is 14.3 Å². The molecule has 0 saturated heterocycles. The molecule has 0 unspecified atom stereocenters. The van der Waals surface area contributed by atoms with Crippen molar-refractivity contribution in [1.29, 1.82) is 0 Å². The molecule has 2 fully saturated rings. The molecule has 3 aromatic rings. The van der Waals surface area contributed by atoms with Gasteiger partial charge in [0.2, 0.25) is 5.91 Å². The fourth-order valence-electron chi connectivity index (χ4n) is 5.72. The Morgan fingerprint density at radius 2 is 2.00 bits per heavy atom. The van der Waals surface area contributed by atoms with Gasteiger partial charge in [0.25, 0.3) is 0 Å². The summed E-state index contributed by atoms with van der Waals surface area (Å²) >= 11 is 2.27. The average molecular weight is 582 g/mol. The van der Waals surface area contributed by atoms with Gasteiger partial charge in [-0.15, -0.1) is 0 Å². The van der Waals surface area contributed by atoms with Crippen LogP contribution in [0, 0.1) is 20.8 Å². The number of carbonyl (C=O) groups excluding carboxylic acids is 1. The highest BCUT2D eigenvalue weighted by molar-refractivity contribution is 14.1. The Kier molecular flexibility index (Phi) is 7.00. The first-order chi connectivity index (χ1) is 17.0. The molecule has 35 heavy (non-hydrogen) atoms. The number of rotatable bonds is 8. The van der Waals surface area contributed by atoms with E-state index in [0.29, 0.717) is 24.9 Å². The molecule has 182 valence electrons. The van der Waals surface area contributed by atoms with Crippen LogP contribution in [0.25, 0.3) is 10.8 Å². The Bertz CT molecular complexity index is 1270. The van der Waals surface area contributed by atoms with E-state index >= 15 is 0 Å². The van der Waals surface area contributed by atoms with Crippen molar-refractivity contribution in [3.63, 3.8) is 0 Å². The van der Waals surface area contributed by atoms with E-state index in [1.165, 1.54) is 23.6 Å². The van der Waals surface area contributed by atoms with E-state index in [1.54, 1.807) is 6.21 Å². The molecule has 0 aliphatic heterocycles. The average Bonchev–Trinajstić information content (AvgIpc) is 3.49. The van der Waals surface area contributed by atoms with Crippen LogP contribution in [0.15, 0.2) is 59.7 Å². The monoisotopic (exact) mass is 582 g/mol. The minimum absolute atomic E-state index is 0.0467. The highest BCUT2D eigenvalue weighted by Gasteiger charge is 2.64. The van der Waals surface area contributed by atoms with E-state index in [4.69, 9.17) is 9.47 Å². The van der Waals surface area contributed by atoms with Crippen LogP contribution in [-0.4, -0.2) is 18.7 Å². The maximum Gasteiger partial charge on any atom is 0.244 e. The molecule has 0 heterocycles. The maximum atomic E-state index is 12.7. The number of benzene rings is 3. The van der Waals surface area contributed by atoms with Crippen LogP contribution in [0.1, 0.15) is 50.7 Å². The van der Waals surface area contributed by atoms with Gasteiger partial charge in [-0.3, -0.25) is 4.79 Å². The number of fused-ring (bicyclic) bond motifs is 2. The van der Waals surface area contributed by atoms with E-state index < -0.39 is 0 Å². The summed E-state index contributed by atoms with van der Waals surface area (Å²) in [6, 6.07) is 18.5. The van der Waals surface area contributed by atoms with Crippen LogP contribution >= 0.6 is 22.6 Å². The molecule has 0 radical (unpaired) electrons. The molecule has 5 rings (SSSR count). The third kappa shape index (κ3) is 4.90.